The van der Waals surface area contributed by atoms with Gasteiger partial charge in [0.05, 0.1) is 0 Å². The van der Waals surface area contributed by atoms with E-state index in [9.17, 15) is 0 Å². The molecule has 0 saturated heterocycles. The van der Waals surface area contributed by atoms with Gasteiger partial charge in [0.2, 0.25) is 0 Å². The van der Waals surface area contributed by atoms with Crippen molar-refractivity contribution in [2.45, 2.75) is 25.7 Å². The monoisotopic (exact) mass is 262 g/mol. The van der Waals surface area contributed by atoms with Crippen LogP contribution in [0.5, 0.6) is 0 Å². The van der Waals surface area contributed by atoms with E-state index in [0.717, 1.165) is 12.8 Å². The van der Waals surface area contributed by atoms with Crippen LogP contribution < -0.4 is 0 Å². The molecule has 2 rings (SSSR count). The molecule has 102 valence electrons. The first-order valence-corrected chi connectivity index (χ1v) is 7.28. The van der Waals surface area contributed by atoms with Crippen molar-refractivity contribution in [3.63, 3.8) is 0 Å². The van der Waals surface area contributed by atoms with Gasteiger partial charge in [0, 0.05) is 5.92 Å². The third kappa shape index (κ3) is 4.24. The summed E-state index contributed by atoms with van der Waals surface area (Å²) >= 11 is 0. The van der Waals surface area contributed by atoms with E-state index in [0.29, 0.717) is 5.92 Å². The van der Waals surface area contributed by atoms with Gasteiger partial charge >= 0.3 is 0 Å². The van der Waals surface area contributed by atoms with Crippen molar-refractivity contribution in [1.82, 2.24) is 0 Å². The minimum atomic E-state index is 0.444. The topological polar surface area (TPSA) is 0 Å². The summed E-state index contributed by atoms with van der Waals surface area (Å²) < 4.78 is 0. The van der Waals surface area contributed by atoms with Crippen molar-refractivity contribution in [2.75, 3.05) is 0 Å². The summed E-state index contributed by atoms with van der Waals surface area (Å²) in [5, 5.41) is 0. The molecule has 0 N–H and O–H groups in total. The Labute approximate surface area is 122 Å². The van der Waals surface area contributed by atoms with E-state index >= 15 is 0 Å². The predicted molar refractivity (Wildman–Crippen MR) is 87.9 cm³/mol. The average Bonchev–Trinajstić information content (AvgIpc) is 2.53. The van der Waals surface area contributed by atoms with Crippen molar-refractivity contribution in [3.8, 4) is 0 Å². The fourth-order valence-electron chi connectivity index (χ4n) is 2.38. The Morgan fingerprint density at radius 3 is 1.80 bits per heavy atom. The minimum absolute atomic E-state index is 0.444. The number of rotatable bonds is 6. The first-order valence-electron chi connectivity index (χ1n) is 7.28. The predicted octanol–water partition coefficient (Wildman–Crippen LogP) is 5.73. The second kappa shape index (κ2) is 8.16. The van der Waals surface area contributed by atoms with Crippen LogP contribution in [-0.2, 0) is 0 Å². The molecule has 0 fully saturated rings. The lowest BCUT2D eigenvalue weighted by atomic mass is 9.88. The van der Waals surface area contributed by atoms with Gasteiger partial charge in [0.15, 0.2) is 0 Å². The largest absolute Gasteiger partial charge is 0.0914 e. The molecule has 0 aliphatic rings. The molecule has 0 radical (unpaired) electrons. The molecule has 0 saturated carbocycles. The Morgan fingerprint density at radius 1 is 0.750 bits per heavy atom. The second-order valence-electron chi connectivity index (χ2n) is 4.89. The van der Waals surface area contributed by atoms with E-state index in [1.54, 1.807) is 0 Å². The molecule has 0 unspecified atom stereocenters. The summed E-state index contributed by atoms with van der Waals surface area (Å²) in [5.41, 5.74) is 2.77. The van der Waals surface area contributed by atoms with Gasteiger partial charge in [-0.15, -0.1) is 0 Å². The Hall–Kier alpha value is -2.08. The van der Waals surface area contributed by atoms with Gasteiger partial charge in [-0.3, -0.25) is 0 Å². The van der Waals surface area contributed by atoms with Gasteiger partial charge in [0.1, 0.15) is 0 Å². The van der Waals surface area contributed by atoms with Crippen LogP contribution in [0.25, 0.3) is 0 Å². The lowest BCUT2D eigenvalue weighted by Crippen LogP contribution is -1.99. The van der Waals surface area contributed by atoms with Crippen LogP contribution in [0.15, 0.2) is 85.0 Å². The van der Waals surface area contributed by atoms with E-state index in [-0.39, 0.29) is 0 Å². The van der Waals surface area contributed by atoms with Crippen molar-refractivity contribution >= 4 is 0 Å². The number of allylic oxidation sites excluding steroid dienone is 4. The van der Waals surface area contributed by atoms with E-state index < -0.39 is 0 Å². The number of hydrogen-bond acceptors (Lipinski definition) is 0. The summed E-state index contributed by atoms with van der Waals surface area (Å²) in [6.45, 7) is 2.06. The third-order valence-electron chi connectivity index (χ3n) is 3.45. The summed E-state index contributed by atoms with van der Waals surface area (Å²) in [7, 11) is 0. The van der Waals surface area contributed by atoms with Gasteiger partial charge in [-0.2, -0.15) is 0 Å². The quantitative estimate of drug-likeness (QED) is 0.583. The molecule has 20 heavy (non-hydrogen) atoms. The van der Waals surface area contributed by atoms with Crippen molar-refractivity contribution in [2.24, 2.45) is 0 Å². The number of hydrogen-bond donors (Lipinski definition) is 0. The zero-order valence-electron chi connectivity index (χ0n) is 12.1. The summed E-state index contributed by atoms with van der Waals surface area (Å²) in [4.78, 5) is 0. The van der Waals surface area contributed by atoms with Gasteiger partial charge < -0.3 is 0 Å². The van der Waals surface area contributed by atoms with E-state index in [4.69, 9.17) is 0 Å². The fraction of sp³-hybridized carbons (Fsp3) is 0.200. The molecule has 0 aromatic heterocycles. The second-order valence-corrected chi connectivity index (χ2v) is 4.89. The molecule has 0 heterocycles. The van der Waals surface area contributed by atoms with Gasteiger partial charge in [-0.05, 0) is 30.9 Å². The highest BCUT2D eigenvalue weighted by molar-refractivity contribution is 5.33. The normalized spacial score (nSPS) is 11.7. The molecule has 0 bridgehead atoms. The zero-order valence-corrected chi connectivity index (χ0v) is 12.1. The standard InChI is InChI=1S/C20H22/c1-2-3-4-5-12-17-20(18-13-8-6-9-14-18)19-15-10-7-11-16-19/h2-3,5-16,20H,4,17H2,1H3. The highest BCUT2D eigenvalue weighted by Crippen LogP contribution is 2.28. The summed E-state index contributed by atoms with van der Waals surface area (Å²) in [6.07, 6.45) is 10.9. The van der Waals surface area contributed by atoms with Crippen LogP contribution in [0, 0.1) is 0 Å². The lowest BCUT2D eigenvalue weighted by Gasteiger charge is -2.16. The van der Waals surface area contributed by atoms with E-state index in [2.05, 4.69) is 91.9 Å². The Morgan fingerprint density at radius 2 is 1.30 bits per heavy atom. The molecule has 0 spiro atoms. The van der Waals surface area contributed by atoms with Gasteiger partial charge in [-0.25, -0.2) is 0 Å². The zero-order chi connectivity index (χ0) is 14.0. The molecule has 0 amide bonds. The van der Waals surface area contributed by atoms with Crippen LogP contribution in [0.4, 0.5) is 0 Å². The van der Waals surface area contributed by atoms with Crippen molar-refractivity contribution in [3.05, 3.63) is 96.1 Å². The Balaban J connectivity index is 2.15. The Kier molecular flexibility index (Phi) is 5.85. The van der Waals surface area contributed by atoms with Gasteiger partial charge in [-0.1, -0.05) is 85.0 Å². The average molecular weight is 262 g/mol. The highest BCUT2D eigenvalue weighted by Gasteiger charge is 2.11. The van der Waals surface area contributed by atoms with Crippen LogP contribution >= 0.6 is 0 Å². The van der Waals surface area contributed by atoms with Crippen LogP contribution in [0.2, 0.25) is 0 Å². The molecule has 0 aliphatic carbocycles. The molecule has 0 nitrogen and oxygen atoms in total. The van der Waals surface area contributed by atoms with E-state index in [1.807, 2.05) is 0 Å². The number of benzene rings is 2. The first-order chi connectivity index (χ1) is 9.92. The highest BCUT2D eigenvalue weighted by atomic mass is 14.1. The smallest absolute Gasteiger partial charge is 0.0124 e. The van der Waals surface area contributed by atoms with Crippen molar-refractivity contribution in [1.29, 1.82) is 0 Å². The van der Waals surface area contributed by atoms with Gasteiger partial charge in [0.25, 0.3) is 0 Å². The van der Waals surface area contributed by atoms with Crippen LogP contribution in [-0.4, -0.2) is 0 Å². The maximum absolute atomic E-state index is 2.30. The Bertz CT molecular complexity index is 495. The SMILES string of the molecule is CC=CCC=CCC(c1ccccc1)c1ccccc1. The maximum atomic E-state index is 2.30. The molecular weight excluding hydrogens is 240 g/mol. The van der Waals surface area contributed by atoms with E-state index in [1.165, 1.54) is 11.1 Å². The molecule has 0 aliphatic heterocycles. The maximum Gasteiger partial charge on any atom is 0.0124 e. The third-order valence-corrected chi connectivity index (χ3v) is 3.45. The van der Waals surface area contributed by atoms with Crippen LogP contribution in [0.1, 0.15) is 36.8 Å². The lowest BCUT2D eigenvalue weighted by molar-refractivity contribution is 0.827. The molecular formula is C20H22. The molecule has 2 aromatic carbocycles. The fourth-order valence-corrected chi connectivity index (χ4v) is 2.38. The first kappa shape index (κ1) is 14.3. The summed E-state index contributed by atoms with van der Waals surface area (Å²) in [5.74, 6) is 0.444. The summed E-state index contributed by atoms with van der Waals surface area (Å²) in [6, 6.07) is 21.5. The van der Waals surface area contributed by atoms with Crippen molar-refractivity contribution < 1.29 is 0 Å². The molecule has 0 heteroatoms. The van der Waals surface area contributed by atoms with Crippen LogP contribution in [0.3, 0.4) is 0 Å². The molecule has 0 atom stereocenters. The molecule has 2 aromatic rings. The minimum Gasteiger partial charge on any atom is -0.0914 e.